The Labute approximate surface area is 114 Å². The molecule has 1 heterocycles. The molecule has 0 saturated heterocycles. The van der Waals surface area contributed by atoms with E-state index >= 15 is 0 Å². The fraction of sp³-hybridized carbons (Fsp3) is 0.154. The van der Waals surface area contributed by atoms with Crippen LogP contribution in [-0.2, 0) is 0 Å². The van der Waals surface area contributed by atoms with E-state index in [-0.39, 0.29) is 17.2 Å². The number of anilines is 2. The number of nitrogens with two attached hydrogens (primary N) is 1. The van der Waals surface area contributed by atoms with Gasteiger partial charge in [-0.3, -0.25) is 4.79 Å². The molecular formula is C13H13N3O4. The number of aromatic nitrogens is 1. The number of rotatable bonds is 3. The maximum atomic E-state index is 12.3. The number of benzene rings is 1. The Bertz CT molecular complexity index is 678. The number of hydrogen-bond acceptors (Lipinski definition) is 5. The Hall–Kier alpha value is -2.83. The number of carbonyl (C=O) groups excluding carboxylic acids is 1. The van der Waals surface area contributed by atoms with E-state index in [0.29, 0.717) is 17.0 Å². The number of carboxylic acid groups (broad SMARTS) is 1. The predicted molar refractivity (Wildman–Crippen MR) is 71.8 cm³/mol. The molecule has 2 rings (SSSR count). The van der Waals surface area contributed by atoms with Crippen molar-refractivity contribution >= 4 is 23.3 Å². The van der Waals surface area contributed by atoms with Crippen LogP contribution in [-0.4, -0.2) is 29.2 Å². The smallest absolute Gasteiger partial charge is 0.335 e. The predicted octanol–water partition coefficient (Wildman–Crippen LogP) is 1.54. The first kappa shape index (κ1) is 13.6. The molecule has 2 aromatic rings. The number of aryl methyl sites for hydroxylation is 1. The molecule has 0 bridgehead atoms. The van der Waals surface area contributed by atoms with Gasteiger partial charge < -0.3 is 20.3 Å². The summed E-state index contributed by atoms with van der Waals surface area (Å²) < 4.78 is 4.85. The Kier molecular flexibility index (Phi) is 3.43. The van der Waals surface area contributed by atoms with Crippen LogP contribution in [0.4, 0.5) is 11.4 Å². The summed E-state index contributed by atoms with van der Waals surface area (Å²) in [5.41, 5.74) is 6.80. The summed E-state index contributed by atoms with van der Waals surface area (Å²) in [6, 6.07) is 4.18. The Morgan fingerprint density at radius 2 is 2.10 bits per heavy atom. The minimum absolute atomic E-state index is 0.0632. The number of aromatic carboxylic acids is 1. The molecule has 0 unspecified atom stereocenters. The van der Waals surface area contributed by atoms with Crippen molar-refractivity contribution in [2.24, 2.45) is 0 Å². The highest BCUT2D eigenvalue weighted by molar-refractivity contribution is 6.08. The molecule has 0 aliphatic rings. The average molecular weight is 275 g/mol. The van der Waals surface area contributed by atoms with E-state index in [1.54, 1.807) is 14.0 Å². The van der Waals surface area contributed by atoms with Crippen LogP contribution in [0.3, 0.4) is 0 Å². The van der Waals surface area contributed by atoms with Gasteiger partial charge in [-0.2, -0.15) is 0 Å². The third kappa shape index (κ3) is 2.33. The van der Waals surface area contributed by atoms with E-state index in [0.717, 1.165) is 0 Å². The van der Waals surface area contributed by atoms with Crippen LogP contribution in [0.5, 0.6) is 0 Å². The summed E-state index contributed by atoms with van der Waals surface area (Å²) in [6.45, 7) is 1.63. The van der Waals surface area contributed by atoms with Gasteiger partial charge in [0.2, 0.25) is 0 Å². The van der Waals surface area contributed by atoms with E-state index in [9.17, 15) is 9.59 Å². The number of carbonyl (C=O) groups is 2. The van der Waals surface area contributed by atoms with Crippen LogP contribution in [0.2, 0.25) is 0 Å². The normalized spacial score (nSPS) is 10.3. The van der Waals surface area contributed by atoms with E-state index in [2.05, 4.69) is 5.16 Å². The third-order valence-corrected chi connectivity index (χ3v) is 2.92. The van der Waals surface area contributed by atoms with Crippen molar-refractivity contribution < 1.29 is 19.2 Å². The van der Waals surface area contributed by atoms with Gasteiger partial charge in [0.1, 0.15) is 11.3 Å². The molecule has 0 radical (unpaired) electrons. The fourth-order valence-electron chi connectivity index (χ4n) is 1.79. The zero-order chi connectivity index (χ0) is 14.9. The maximum Gasteiger partial charge on any atom is 0.335 e. The molecule has 0 aliphatic heterocycles. The average Bonchev–Trinajstić information content (AvgIpc) is 2.83. The second-order valence-corrected chi connectivity index (χ2v) is 4.24. The summed E-state index contributed by atoms with van der Waals surface area (Å²) >= 11 is 0. The van der Waals surface area contributed by atoms with Crippen LogP contribution in [0, 0.1) is 6.92 Å². The first-order chi connectivity index (χ1) is 9.41. The van der Waals surface area contributed by atoms with Crippen molar-refractivity contribution in [1.82, 2.24) is 5.16 Å². The lowest BCUT2D eigenvalue weighted by molar-refractivity contribution is 0.0697. The van der Waals surface area contributed by atoms with Crippen LogP contribution >= 0.6 is 0 Å². The van der Waals surface area contributed by atoms with Crippen LogP contribution in [0.25, 0.3) is 0 Å². The van der Waals surface area contributed by atoms with E-state index in [1.165, 1.54) is 29.3 Å². The van der Waals surface area contributed by atoms with Crippen molar-refractivity contribution in [3.8, 4) is 0 Å². The van der Waals surface area contributed by atoms with Crippen LogP contribution < -0.4 is 10.6 Å². The molecule has 20 heavy (non-hydrogen) atoms. The molecule has 0 aliphatic carbocycles. The number of amides is 1. The van der Waals surface area contributed by atoms with Crippen molar-refractivity contribution in [1.29, 1.82) is 0 Å². The van der Waals surface area contributed by atoms with Gasteiger partial charge in [0.15, 0.2) is 0 Å². The molecule has 1 aromatic heterocycles. The first-order valence-electron chi connectivity index (χ1n) is 5.74. The second-order valence-electron chi connectivity index (χ2n) is 4.24. The molecule has 0 fully saturated rings. The van der Waals surface area contributed by atoms with Gasteiger partial charge in [-0.1, -0.05) is 5.16 Å². The lowest BCUT2D eigenvalue weighted by Gasteiger charge is -2.18. The SMILES string of the molecule is Cc1oncc1C(=O)N(C)c1ccc(C(=O)O)cc1N. The molecule has 7 nitrogen and oxygen atoms in total. The monoisotopic (exact) mass is 275 g/mol. The molecule has 0 atom stereocenters. The summed E-state index contributed by atoms with van der Waals surface area (Å²) in [5, 5.41) is 12.4. The van der Waals surface area contributed by atoms with Gasteiger partial charge in [-0.05, 0) is 25.1 Å². The summed E-state index contributed by atoms with van der Waals surface area (Å²) in [7, 11) is 1.54. The lowest BCUT2D eigenvalue weighted by Crippen LogP contribution is -2.27. The fourth-order valence-corrected chi connectivity index (χ4v) is 1.79. The topological polar surface area (TPSA) is 110 Å². The Balaban J connectivity index is 2.34. The zero-order valence-electron chi connectivity index (χ0n) is 11.0. The van der Waals surface area contributed by atoms with E-state index in [1.807, 2.05) is 0 Å². The summed E-state index contributed by atoms with van der Waals surface area (Å²) in [5.74, 6) is -1.01. The second kappa shape index (κ2) is 5.04. The minimum atomic E-state index is -1.08. The molecule has 104 valence electrons. The Morgan fingerprint density at radius 1 is 1.40 bits per heavy atom. The first-order valence-corrected chi connectivity index (χ1v) is 5.74. The van der Waals surface area contributed by atoms with Crippen molar-refractivity contribution in [2.75, 3.05) is 17.7 Å². The van der Waals surface area contributed by atoms with E-state index < -0.39 is 5.97 Å². The highest BCUT2D eigenvalue weighted by Crippen LogP contribution is 2.25. The highest BCUT2D eigenvalue weighted by atomic mass is 16.5. The van der Waals surface area contributed by atoms with Gasteiger partial charge in [-0.15, -0.1) is 0 Å². The number of hydrogen-bond donors (Lipinski definition) is 2. The summed E-state index contributed by atoms with van der Waals surface area (Å²) in [6.07, 6.45) is 1.33. The van der Waals surface area contributed by atoms with Gasteiger partial charge >= 0.3 is 5.97 Å². The standard InChI is InChI=1S/C13H13N3O4/c1-7-9(6-15-20-7)12(17)16(2)11-4-3-8(13(18)19)5-10(11)14/h3-6H,14H2,1-2H3,(H,18,19). The molecule has 0 saturated carbocycles. The summed E-state index contributed by atoms with van der Waals surface area (Å²) in [4.78, 5) is 24.4. The molecule has 3 N–H and O–H groups in total. The van der Waals surface area contributed by atoms with E-state index in [4.69, 9.17) is 15.4 Å². The van der Waals surface area contributed by atoms with Gasteiger partial charge in [0, 0.05) is 7.05 Å². The quantitative estimate of drug-likeness (QED) is 0.822. The van der Waals surface area contributed by atoms with Crippen molar-refractivity contribution in [2.45, 2.75) is 6.92 Å². The van der Waals surface area contributed by atoms with Gasteiger partial charge in [0.25, 0.3) is 5.91 Å². The zero-order valence-corrected chi connectivity index (χ0v) is 11.0. The number of nitrogen functional groups attached to an aromatic ring is 1. The van der Waals surface area contributed by atoms with Crippen LogP contribution in [0.15, 0.2) is 28.9 Å². The largest absolute Gasteiger partial charge is 0.478 e. The number of carboxylic acids is 1. The number of nitrogens with zero attached hydrogens (tertiary/aromatic N) is 2. The highest BCUT2D eigenvalue weighted by Gasteiger charge is 2.20. The molecule has 7 heteroatoms. The molecule has 1 amide bonds. The van der Waals surface area contributed by atoms with Crippen molar-refractivity contribution in [3.63, 3.8) is 0 Å². The third-order valence-electron chi connectivity index (χ3n) is 2.92. The minimum Gasteiger partial charge on any atom is -0.478 e. The van der Waals surface area contributed by atoms with Crippen LogP contribution in [0.1, 0.15) is 26.5 Å². The van der Waals surface area contributed by atoms with Gasteiger partial charge in [-0.25, -0.2) is 4.79 Å². The molecule has 1 aromatic carbocycles. The molecule has 0 spiro atoms. The van der Waals surface area contributed by atoms with Gasteiger partial charge in [0.05, 0.1) is 23.1 Å². The molecular weight excluding hydrogens is 262 g/mol. The van der Waals surface area contributed by atoms with Crippen molar-refractivity contribution in [3.05, 3.63) is 41.3 Å². The Morgan fingerprint density at radius 3 is 2.60 bits per heavy atom. The lowest BCUT2D eigenvalue weighted by atomic mass is 10.1. The maximum absolute atomic E-state index is 12.3.